The molecule has 0 saturated carbocycles. The van der Waals surface area contributed by atoms with Crippen LogP contribution in [0.3, 0.4) is 0 Å². The Morgan fingerprint density at radius 2 is 2.03 bits per heavy atom. The van der Waals surface area contributed by atoms with Crippen molar-refractivity contribution >= 4 is 17.5 Å². The molecule has 3 nitrogen and oxygen atoms in total. The van der Waals surface area contributed by atoms with Crippen molar-refractivity contribution in [2.45, 2.75) is 52.1 Å². The minimum absolute atomic E-state index is 0.101. The number of rotatable bonds is 6. The lowest BCUT2D eigenvalue weighted by molar-refractivity contribution is -0.127. The number of amides is 1. The summed E-state index contributed by atoms with van der Waals surface area (Å²) in [5.74, 6) is -0.00981. The van der Waals surface area contributed by atoms with Crippen LogP contribution >= 0.6 is 11.6 Å². The highest BCUT2D eigenvalue weighted by Crippen LogP contribution is 2.33. The van der Waals surface area contributed by atoms with Crippen LogP contribution in [0.5, 0.6) is 0 Å². The number of hydrogen-bond donors (Lipinski definition) is 1. The van der Waals surface area contributed by atoms with Gasteiger partial charge in [0.15, 0.2) is 0 Å². The fourth-order valence-electron chi connectivity index (χ4n) is 4.00. The number of aryl methyl sites for hydroxylation is 1. The molecule has 1 N–H and O–H groups in total. The first-order chi connectivity index (χ1) is 13.9. The Kier molecular flexibility index (Phi) is 7.31. The molecule has 5 heteroatoms. The number of hydrogen-bond acceptors (Lipinski definition) is 2. The molecular formula is C24H30ClFN2O. The van der Waals surface area contributed by atoms with Crippen LogP contribution in [-0.4, -0.2) is 29.9 Å². The van der Waals surface area contributed by atoms with E-state index in [2.05, 4.69) is 17.1 Å². The van der Waals surface area contributed by atoms with Crippen molar-refractivity contribution in [1.29, 1.82) is 0 Å². The summed E-state index contributed by atoms with van der Waals surface area (Å²) in [6, 6.07) is 13.3. The van der Waals surface area contributed by atoms with E-state index in [0.717, 1.165) is 35.5 Å². The smallest absolute Gasteiger partial charge is 0.224 e. The van der Waals surface area contributed by atoms with Crippen molar-refractivity contribution in [1.82, 2.24) is 10.2 Å². The number of carbonyl (C=O) groups excluding carboxylic acids is 1. The molecule has 3 rings (SSSR count). The molecule has 156 valence electrons. The number of halogens is 2. The monoisotopic (exact) mass is 416 g/mol. The highest BCUT2D eigenvalue weighted by Gasteiger charge is 2.33. The van der Waals surface area contributed by atoms with Crippen molar-refractivity contribution in [3.05, 3.63) is 70.0 Å². The van der Waals surface area contributed by atoms with Crippen molar-refractivity contribution in [2.75, 3.05) is 13.1 Å². The first-order valence-electron chi connectivity index (χ1n) is 10.4. The summed E-state index contributed by atoms with van der Waals surface area (Å²) in [7, 11) is 0. The molecule has 0 spiro atoms. The fourth-order valence-corrected chi connectivity index (χ4v) is 4.20. The van der Waals surface area contributed by atoms with Gasteiger partial charge in [0.05, 0.1) is 5.92 Å². The molecule has 1 aliphatic rings. The molecule has 0 unspecified atom stereocenters. The molecule has 1 heterocycles. The molecule has 2 aromatic rings. The Morgan fingerprint density at radius 1 is 1.28 bits per heavy atom. The van der Waals surface area contributed by atoms with E-state index >= 15 is 0 Å². The molecule has 1 amide bonds. The normalized spacial score (nSPS) is 21.0. The molecule has 1 fully saturated rings. The second kappa shape index (κ2) is 9.73. The molecule has 1 aliphatic heterocycles. The van der Waals surface area contributed by atoms with E-state index in [0.29, 0.717) is 18.7 Å². The zero-order valence-corrected chi connectivity index (χ0v) is 18.2. The predicted molar refractivity (Wildman–Crippen MR) is 117 cm³/mol. The third-order valence-corrected chi connectivity index (χ3v) is 6.27. The standard InChI is InChI=1S/C24H30ClFN2O/c1-4-17(3)27-24(29)21-12-20(18-9-10-23(26)16(2)11-18)14-28(15-21)13-19-7-5-6-8-22(19)25/h5-11,17,20-21H,4,12-15H2,1-3H3,(H,27,29)/t17-,20+,21-/m0/s1. The van der Waals surface area contributed by atoms with Crippen LogP contribution in [0.2, 0.25) is 5.02 Å². The van der Waals surface area contributed by atoms with E-state index < -0.39 is 0 Å². The van der Waals surface area contributed by atoms with Crippen LogP contribution in [0.15, 0.2) is 42.5 Å². The second-order valence-electron chi connectivity index (χ2n) is 8.24. The second-order valence-corrected chi connectivity index (χ2v) is 8.65. The number of carbonyl (C=O) groups is 1. The van der Waals surface area contributed by atoms with Gasteiger partial charge < -0.3 is 5.32 Å². The van der Waals surface area contributed by atoms with E-state index in [9.17, 15) is 9.18 Å². The van der Waals surface area contributed by atoms with E-state index in [1.165, 1.54) is 6.07 Å². The minimum Gasteiger partial charge on any atom is -0.353 e. The van der Waals surface area contributed by atoms with E-state index in [1.54, 1.807) is 6.92 Å². The summed E-state index contributed by atoms with van der Waals surface area (Å²) in [6.45, 7) is 8.11. The SMILES string of the molecule is CC[C@H](C)NC(=O)[C@H]1C[C@@H](c2ccc(F)c(C)c2)CN(Cc2ccccc2Cl)C1. The molecule has 0 radical (unpaired) electrons. The maximum atomic E-state index is 13.8. The number of benzene rings is 2. The first kappa shape index (κ1) is 21.8. The summed E-state index contributed by atoms with van der Waals surface area (Å²) in [4.78, 5) is 15.2. The number of piperidine rings is 1. The van der Waals surface area contributed by atoms with Gasteiger partial charge in [-0.3, -0.25) is 9.69 Å². The summed E-state index contributed by atoms with van der Waals surface area (Å²) >= 11 is 6.37. The van der Waals surface area contributed by atoms with Crippen LogP contribution in [0.25, 0.3) is 0 Å². The Bertz CT molecular complexity index is 857. The van der Waals surface area contributed by atoms with Gasteiger partial charge in [-0.05, 0) is 61.4 Å². The van der Waals surface area contributed by atoms with Crippen molar-refractivity contribution in [3.8, 4) is 0 Å². The molecule has 1 saturated heterocycles. The van der Waals surface area contributed by atoms with Crippen LogP contribution in [0.1, 0.15) is 49.3 Å². The Hall–Kier alpha value is -1.91. The summed E-state index contributed by atoms with van der Waals surface area (Å²) < 4.78 is 13.8. The zero-order chi connectivity index (χ0) is 21.0. The molecule has 3 atom stereocenters. The predicted octanol–water partition coefficient (Wildman–Crippen LogP) is 5.31. The van der Waals surface area contributed by atoms with Gasteiger partial charge in [0, 0.05) is 30.7 Å². The molecule has 0 aliphatic carbocycles. The maximum absolute atomic E-state index is 13.8. The molecule has 29 heavy (non-hydrogen) atoms. The third kappa shape index (κ3) is 5.58. The van der Waals surface area contributed by atoms with Crippen LogP contribution in [0, 0.1) is 18.7 Å². The highest BCUT2D eigenvalue weighted by molar-refractivity contribution is 6.31. The largest absolute Gasteiger partial charge is 0.353 e. The third-order valence-electron chi connectivity index (χ3n) is 5.90. The van der Waals surface area contributed by atoms with Gasteiger partial charge in [0.25, 0.3) is 0 Å². The van der Waals surface area contributed by atoms with E-state index in [1.807, 2.05) is 43.3 Å². The van der Waals surface area contributed by atoms with Gasteiger partial charge in [-0.15, -0.1) is 0 Å². The molecular weight excluding hydrogens is 387 g/mol. The average Bonchev–Trinajstić information content (AvgIpc) is 2.71. The zero-order valence-electron chi connectivity index (χ0n) is 17.4. The first-order valence-corrected chi connectivity index (χ1v) is 10.8. The minimum atomic E-state index is -0.191. The highest BCUT2D eigenvalue weighted by atomic mass is 35.5. The van der Waals surface area contributed by atoms with Gasteiger partial charge in [-0.25, -0.2) is 4.39 Å². The quantitative estimate of drug-likeness (QED) is 0.692. The van der Waals surface area contributed by atoms with Crippen molar-refractivity contribution in [3.63, 3.8) is 0 Å². The Labute approximate surface area is 178 Å². The molecule has 0 aromatic heterocycles. The average molecular weight is 417 g/mol. The Morgan fingerprint density at radius 3 is 2.72 bits per heavy atom. The van der Waals surface area contributed by atoms with Crippen LogP contribution in [0.4, 0.5) is 4.39 Å². The van der Waals surface area contributed by atoms with Crippen LogP contribution < -0.4 is 5.32 Å². The topological polar surface area (TPSA) is 32.3 Å². The Balaban J connectivity index is 1.83. The lowest BCUT2D eigenvalue weighted by Crippen LogP contribution is -2.47. The van der Waals surface area contributed by atoms with E-state index in [-0.39, 0.29) is 29.6 Å². The fraction of sp³-hybridized carbons (Fsp3) is 0.458. The number of nitrogens with one attached hydrogen (secondary N) is 1. The van der Waals surface area contributed by atoms with Gasteiger partial charge >= 0.3 is 0 Å². The van der Waals surface area contributed by atoms with Gasteiger partial charge in [-0.1, -0.05) is 48.9 Å². The van der Waals surface area contributed by atoms with Crippen molar-refractivity contribution < 1.29 is 9.18 Å². The summed E-state index contributed by atoms with van der Waals surface area (Å²) in [5.41, 5.74) is 2.80. The summed E-state index contributed by atoms with van der Waals surface area (Å²) in [5, 5.41) is 3.88. The van der Waals surface area contributed by atoms with Gasteiger partial charge in [0.2, 0.25) is 5.91 Å². The number of likely N-dealkylation sites (tertiary alicyclic amines) is 1. The summed E-state index contributed by atoms with van der Waals surface area (Å²) in [6.07, 6.45) is 1.68. The molecule has 0 bridgehead atoms. The van der Waals surface area contributed by atoms with Crippen LogP contribution in [-0.2, 0) is 11.3 Å². The lowest BCUT2D eigenvalue weighted by Gasteiger charge is -2.38. The lowest BCUT2D eigenvalue weighted by atomic mass is 9.83. The molecule has 2 aromatic carbocycles. The van der Waals surface area contributed by atoms with Gasteiger partial charge in [-0.2, -0.15) is 0 Å². The van der Waals surface area contributed by atoms with E-state index in [4.69, 9.17) is 11.6 Å². The maximum Gasteiger partial charge on any atom is 0.224 e. The van der Waals surface area contributed by atoms with Crippen molar-refractivity contribution in [2.24, 2.45) is 5.92 Å². The number of nitrogens with zero attached hydrogens (tertiary/aromatic N) is 1. The van der Waals surface area contributed by atoms with Gasteiger partial charge in [0.1, 0.15) is 5.82 Å².